The molecular formula is C24H25Cl2N3O2. The average molecular weight is 458 g/mol. The van der Waals surface area contributed by atoms with E-state index in [1.807, 2.05) is 23.1 Å². The highest BCUT2D eigenvalue weighted by atomic mass is 35.5. The maximum atomic E-state index is 14.0. The molecule has 2 amide bonds. The number of rotatable bonds is 5. The van der Waals surface area contributed by atoms with Crippen LogP contribution in [0.3, 0.4) is 0 Å². The predicted molar refractivity (Wildman–Crippen MR) is 124 cm³/mol. The van der Waals surface area contributed by atoms with E-state index in [2.05, 4.69) is 16.3 Å². The van der Waals surface area contributed by atoms with Crippen molar-refractivity contribution in [3.8, 4) is 0 Å². The molecule has 3 aliphatic rings. The molecule has 2 fully saturated rings. The lowest BCUT2D eigenvalue weighted by Crippen LogP contribution is -2.50. The summed E-state index contributed by atoms with van der Waals surface area (Å²) in [6, 6.07) is 13.4. The molecule has 2 aromatic carbocycles. The molecule has 5 nitrogen and oxygen atoms in total. The Morgan fingerprint density at radius 3 is 2.42 bits per heavy atom. The standard InChI is InChI=1S/C24H25Cl2N3O2/c1-15(30)27-22(18-14-16(25)6-9-19(18)26)24(10-11-24)23(31)29-13-12-28(17-7-8-17)20-4-2-3-5-21(20)29/h2-6,9,14,17,22H,7-8,10-13H2,1H3,(H,27,30). The molecule has 1 N–H and O–H groups in total. The van der Waals surface area contributed by atoms with Gasteiger partial charge in [-0.1, -0.05) is 35.3 Å². The lowest BCUT2D eigenvalue weighted by molar-refractivity contribution is -0.126. The first kappa shape index (κ1) is 20.7. The molecule has 2 aromatic rings. The summed E-state index contributed by atoms with van der Waals surface area (Å²) in [5.74, 6) is -0.149. The fourth-order valence-electron chi connectivity index (χ4n) is 4.84. The van der Waals surface area contributed by atoms with Gasteiger partial charge in [-0.2, -0.15) is 0 Å². The van der Waals surface area contributed by atoms with Crippen molar-refractivity contribution in [2.75, 3.05) is 22.9 Å². The highest BCUT2D eigenvalue weighted by Gasteiger charge is 2.59. The van der Waals surface area contributed by atoms with E-state index in [0.29, 0.717) is 41.0 Å². The fourth-order valence-corrected chi connectivity index (χ4v) is 5.25. The van der Waals surface area contributed by atoms with Gasteiger partial charge < -0.3 is 15.1 Å². The van der Waals surface area contributed by atoms with Crippen LogP contribution < -0.4 is 15.1 Å². The average Bonchev–Trinajstić information content (AvgIpc) is 3.67. The minimum Gasteiger partial charge on any atom is -0.365 e. The first-order valence-electron chi connectivity index (χ1n) is 10.8. The first-order chi connectivity index (χ1) is 14.9. The molecule has 0 aromatic heterocycles. The molecule has 162 valence electrons. The van der Waals surface area contributed by atoms with E-state index in [1.165, 1.54) is 19.8 Å². The van der Waals surface area contributed by atoms with Gasteiger partial charge in [0.25, 0.3) is 0 Å². The van der Waals surface area contributed by atoms with E-state index in [0.717, 1.165) is 17.9 Å². The number of anilines is 2. The molecule has 7 heteroatoms. The number of carbonyl (C=O) groups is 2. The Kier molecular flexibility index (Phi) is 5.14. The van der Waals surface area contributed by atoms with Crippen LogP contribution in [0.2, 0.25) is 10.0 Å². The van der Waals surface area contributed by atoms with Crippen LogP contribution in [-0.4, -0.2) is 30.9 Å². The third-order valence-electron chi connectivity index (χ3n) is 6.66. The SMILES string of the molecule is CC(=O)NC(c1cc(Cl)ccc1Cl)C1(C(=O)N2CCN(C3CC3)c3ccccc32)CC1. The summed E-state index contributed by atoms with van der Waals surface area (Å²) in [4.78, 5) is 30.5. The number of halogens is 2. The summed E-state index contributed by atoms with van der Waals surface area (Å²) in [6.45, 7) is 2.94. The summed E-state index contributed by atoms with van der Waals surface area (Å²) in [6.07, 6.45) is 3.82. The number of benzene rings is 2. The second-order valence-electron chi connectivity index (χ2n) is 8.83. The second kappa shape index (κ2) is 7.72. The number of nitrogens with zero attached hydrogens (tertiary/aromatic N) is 2. The summed E-state index contributed by atoms with van der Waals surface area (Å²) in [5, 5.41) is 4.04. The highest BCUT2D eigenvalue weighted by molar-refractivity contribution is 6.33. The molecule has 1 heterocycles. The van der Waals surface area contributed by atoms with Gasteiger partial charge in [0.2, 0.25) is 11.8 Å². The topological polar surface area (TPSA) is 52.7 Å². The van der Waals surface area contributed by atoms with Gasteiger partial charge in [-0.05, 0) is 61.6 Å². The predicted octanol–water partition coefficient (Wildman–Crippen LogP) is 4.97. The van der Waals surface area contributed by atoms with Crippen molar-refractivity contribution in [2.45, 2.75) is 44.7 Å². The van der Waals surface area contributed by atoms with E-state index in [-0.39, 0.29) is 11.8 Å². The van der Waals surface area contributed by atoms with Gasteiger partial charge in [0.1, 0.15) is 0 Å². The van der Waals surface area contributed by atoms with E-state index in [4.69, 9.17) is 23.2 Å². The number of hydrogen-bond acceptors (Lipinski definition) is 3. The van der Waals surface area contributed by atoms with Crippen LogP contribution >= 0.6 is 23.2 Å². The van der Waals surface area contributed by atoms with E-state index in [1.54, 1.807) is 18.2 Å². The van der Waals surface area contributed by atoms with Crippen LogP contribution in [0.4, 0.5) is 11.4 Å². The lowest BCUT2D eigenvalue weighted by Gasteiger charge is -2.40. The molecular weight excluding hydrogens is 433 g/mol. The van der Waals surface area contributed by atoms with E-state index >= 15 is 0 Å². The van der Waals surface area contributed by atoms with Crippen molar-refractivity contribution in [3.05, 3.63) is 58.1 Å². The maximum Gasteiger partial charge on any atom is 0.235 e. The summed E-state index contributed by atoms with van der Waals surface area (Å²) in [5.41, 5.74) is 2.06. The number of amides is 2. The number of fused-ring (bicyclic) bond motifs is 1. The van der Waals surface area contributed by atoms with Gasteiger partial charge in [0, 0.05) is 36.1 Å². The number of nitrogens with one attached hydrogen (secondary N) is 1. The third kappa shape index (κ3) is 3.68. The monoisotopic (exact) mass is 457 g/mol. The molecule has 1 aliphatic heterocycles. The molecule has 31 heavy (non-hydrogen) atoms. The molecule has 1 atom stereocenters. The van der Waals surface area contributed by atoms with Gasteiger partial charge in [-0.25, -0.2) is 0 Å². The second-order valence-corrected chi connectivity index (χ2v) is 9.67. The first-order valence-corrected chi connectivity index (χ1v) is 11.6. The summed E-state index contributed by atoms with van der Waals surface area (Å²) in [7, 11) is 0. The third-order valence-corrected chi connectivity index (χ3v) is 7.24. The van der Waals surface area contributed by atoms with Crippen molar-refractivity contribution >= 4 is 46.4 Å². The van der Waals surface area contributed by atoms with Gasteiger partial charge in [-0.3, -0.25) is 9.59 Å². The van der Waals surface area contributed by atoms with Crippen molar-refractivity contribution in [1.29, 1.82) is 0 Å². The number of carbonyl (C=O) groups excluding carboxylic acids is 2. The van der Waals surface area contributed by atoms with Crippen LogP contribution in [0.1, 0.15) is 44.2 Å². The Morgan fingerprint density at radius 1 is 1.06 bits per heavy atom. The van der Waals surface area contributed by atoms with Gasteiger partial charge in [0.15, 0.2) is 0 Å². The highest BCUT2D eigenvalue weighted by Crippen LogP contribution is 2.58. The van der Waals surface area contributed by atoms with Crippen LogP contribution in [-0.2, 0) is 9.59 Å². The molecule has 1 unspecified atom stereocenters. The van der Waals surface area contributed by atoms with Crippen LogP contribution in [0.25, 0.3) is 0 Å². The summed E-state index contributed by atoms with van der Waals surface area (Å²) < 4.78 is 0. The Labute approximate surface area is 192 Å². The van der Waals surface area contributed by atoms with Crippen molar-refractivity contribution in [3.63, 3.8) is 0 Å². The van der Waals surface area contributed by atoms with Gasteiger partial charge >= 0.3 is 0 Å². The molecule has 0 bridgehead atoms. The molecule has 0 spiro atoms. The molecule has 2 saturated carbocycles. The molecule has 5 rings (SSSR count). The number of hydrogen-bond donors (Lipinski definition) is 1. The smallest absolute Gasteiger partial charge is 0.235 e. The normalized spacial score (nSPS) is 20.1. The lowest BCUT2D eigenvalue weighted by atomic mass is 9.87. The van der Waals surface area contributed by atoms with Crippen molar-refractivity contribution < 1.29 is 9.59 Å². The van der Waals surface area contributed by atoms with Crippen molar-refractivity contribution in [1.82, 2.24) is 5.32 Å². The fraction of sp³-hybridized carbons (Fsp3) is 0.417. The van der Waals surface area contributed by atoms with E-state index in [9.17, 15) is 9.59 Å². The maximum absolute atomic E-state index is 14.0. The Hall–Kier alpha value is -2.24. The zero-order valence-corrected chi connectivity index (χ0v) is 18.9. The molecule has 2 aliphatic carbocycles. The quantitative estimate of drug-likeness (QED) is 0.689. The summed E-state index contributed by atoms with van der Waals surface area (Å²) >= 11 is 12.7. The molecule has 0 radical (unpaired) electrons. The van der Waals surface area contributed by atoms with E-state index < -0.39 is 11.5 Å². The van der Waals surface area contributed by atoms with Crippen LogP contribution in [0.5, 0.6) is 0 Å². The van der Waals surface area contributed by atoms with Crippen LogP contribution in [0, 0.1) is 5.41 Å². The minimum atomic E-state index is -0.713. The number of para-hydroxylation sites is 2. The van der Waals surface area contributed by atoms with Crippen molar-refractivity contribution in [2.24, 2.45) is 5.41 Å². The molecule has 0 saturated heterocycles. The minimum absolute atomic E-state index is 0.0465. The zero-order valence-electron chi connectivity index (χ0n) is 17.4. The zero-order chi connectivity index (χ0) is 21.8. The van der Waals surface area contributed by atoms with Crippen LogP contribution in [0.15, 0.2) is 42.5 Å². The Morgan fingerprint density at radius 2 is 1.77 bits per heavy atom. The Bertz CT molecular complexity index is 1050. The Balaban J connectivity index is 1.52. The van der Waals surface area contributed by atoms with Gasteiger partial charge in [0.05, 0.1) is 22.8 Å². The van der Waals surface area contributed by atoms with Gasteiger partial charge in [-0.15, -0.1) is 0 Å². The largest absolute Gasteiger partial charge is 0.365 e.